The van der Waals surface area contributed by atoms with Crippen molar-refractivity contribution in [1.29, 1.82) is 0 Å². The average molecular weight is 311 g/mol. The number of hydrogen-bond donors (Lipinski definition) is 1. The topological polar surface area (TPSA) is 49.7 Å². The van der Waals surface area contributed by atoms with Crippen LogP contribution in [0.25, 0.3) is 0 Å². The summed E-state index contributed by atoms with van der Waals surface area (Å²) < 4.78 is 0. The zero-order valence-corrected chi connectivity index (χ0v) is 13.7. The number of rotatable bonds is 2. The van der Waals surface area contributed by atoms with Crippen LogP contribution in [-0.4, -0.2) is 37.1 Å². The molecule has 1 aromatic heterocycles. The molecule has 0 spiro atoms. The van der Waals surface area contributed by atoms with E-state index in [1.54, 1.807) is 0 Å². The molecule has 2 aromatic rings. The maximum atomic E-state index is 12.4. The van der Waals surface area contributed by atoms with E-state index in [1.165, 1.54) is 5.56 Å². The van der Waals surface area contributed by atoms with E-state index in [-0.39, 0.29) is 6.03 Å². The van der Waals surface area contributed by atoms with Gasteiger partial charge in [-0.05, 0) is 31.5 Å². The summed E-state index contributed by atoms with van der Waals surface area (Å²) in [7, 11) is 0. The maximum Gasteiger partial charge on any atom is 0.322 e. The predicted octanol–water partition coefficient (Wildman–Crippen LogP) is 2.47. The van der Waals surface area contributed by atoms with Crippen molar-refractivity contribution >= 4 is 17.5 Å². The van der Waals surface area contributed by atoms with E-state index in [4.69, 9.17) is 0 Å². The SMILES string of the molecule is Cc1ccc(NC(=O)N2CCN(c3cccc[nH+]3)CC2)c(C)c1. The van der Waals surface area contributed by atoms with Crippen LogP contribution in [0, 0.1) is 13.8 Å². The summed E-state index contributed by atoms with van der Waals surface area (Å²) in [4.78, 5) is 19.8. The first-order valence-electron chi connectivity index (χ1n) is 7.98. The molecular formula is C18H23N4O+. The number of hydrogen-bond acceptors (Lipinski definition) is 2. The van der Waals surface area contributed by atoms with Crippen LogP contribution in [0.5, 0.6) is 0 Å². The third kappa shape index (κ3) is 3.62. The first-order valence-corrected chi connectivity index (χ1v) is 7.98. The van der Waals surface area contributed by atoms with Gasteiger partial charge < -0.3 is 10.2 Å². The zero-order chi connectivity index (χ0) is 16.2. The minimum absolute atomic E-state index is 0.0198. The van der Waals surface area contributed by atoms with Crippen molar-refractivity contribution in [1.82, 2.24) is 4.90 Å². The van der Waals surface area contributed by atoms with Gasteiger partial charge in [-0.2, -0.15) is 0 Å². The molecule has 5 nitrogen and oxygen atoms in total. The molecule has 1 fully saturated rings. The molecule has 1 aliphatic rings. The Balaban J connectivity index is 1.58. The lowest BCUT2D eigenvalue weighted by atomic mass is 10.1. The van der Waals surface area contributed by atoms with Crippen LogP contribution in [0.2, 0.25) is 0 Å². The molecule has 2 heterocycles. The van der Waals surface area contributed by atoms with Crippen LogP contribution in [0.1, 0.15) is 11.1 Å². The molecule has 23 heavy (non-hydrogen) atoms. The highest BCUT2D eigenvalue weighted by Gasteiger charge is 2.26. The first kappa shape index (κ1) is 15.3. The van der Waals surface area contributed by atoms with Gasteiger partial charge in [0.05, 0.1) is 19.3 Å². The number of nitrogens with zero attached hydrogens (tertiary/aromatic N) is 2. The monoisotopic (exact) mass is 311 g/mol. The third-order valence-electron chi connectivity index (χ3n) is 4.22. The van der Waals surface area contributed by atoms with Crippen molar-refractivity contribution in [3.8, 4) is 0 Å². The van der Waals surface area contributed by atoms with Gasteiger partial charge in [0.25, 0.3) is 5.82 Å². The van der Waals surface area contributed by atoms with Crippen LogP contribution in [0.4, 0.5) is 16.3 Å². The number of piperazine rings is 1. The van der Waals surface area contributed by atoms with E-state index >= 15 is 0 Å². The Morgan fingerprint density at radius 2 is 1.87 bits per heavy atom. The molecule has 0 saturated carbocycles. The van der Waals surface area contributed by atoms with Crippen molar-refractivity contribution in [3.63, 3.8) is 0 Å². The minimum Gasteiger partial charge on any atom is -0.317 e. The zero-order valence-electron chi connectivity index (χ0n) is 13.7. The van der Waals surface area contributed by atoms with Crippen molar-refractivity contribution in [2.45, 2.75) is 13.8 Å². The summed E-state index contributed by atoms with van der Waals surface area (Å²) in [6, 6.07) is 12.1. The average Bonchev–Trinajstić information content (AvgIpc) is 2.58. The number of carbonyl (C=O) groups excluding carboxylic acids is 1. The lowest BCUT2D eigenvalue weighted by Gasteiger charge is -2.31. The van der Waals surface area contributed by atoms with Crippen LogP contribution in [-0.2, 0) is 0 Å². The molecule has 1 aliphatic heterocycles. The number of nitrogens with one attached hydrogen (secondary N) is 2. The van der Waals surface area contributed by atoms with Gasteiger partial charge in [-0.1, -0.05) is 23.8 Å². The number of aromatic amines is 1. The summed E-state index contributed by atoms with van der Waals surface area (Å²) in [6.45, 7) is 7.19. The second kappa shape index (κ2) is 6.69. The number of H-pyrrole nitrogens is 1. The van der Waals surface area contributed by atoms with E-state index < -0.39 is 0 Å². The Hall–Kier alpha value is -2.56. The van der Waals surface area contributed by atoms with Crippen molar-refractivity contribution in [3.05, 3.63) is 53.7 Å². The number of aromatic nitrogens is 1. The van der Waals surface area contributed by atoms with Crippen LogP contribution in [0.3, 0.4) is 0 Å². The van der Waals surface area contributed by atoms with E-state index in [2.05, 4.69) is 34.3 Å². The lowest BCUT2D eigenvalue weighted by molar-refractivity contribution is -0.364. The van der Waals surface area contributed by atoms with Crippen molar-refractivity contribution in [2.24, 2.45) is 0 Å². The van der Waals surface area contributed by atoms with E-state index in [1.807, 2.05) is 42.3 Å². The Bertz CT molecular complexity index is 679. The van der Waals surface area contributed by atoms with E-state index in [0.717, 1.165) is 43.2 Å². The molecule has 0 atom stereocenters. The number of pyridine rings is 1. The molecular weight excluding hydrogens is 288 g/mol. The smallest absolute Gasteiger partial charge is 0.317 e. The molecule has 2 N–H and O–H groups in total. The van der Waals surface area contributed by atoms with Crippen molar-refractivity contribution in [2.75, 3.05) is 36.4 Å². The van der Waals surface area contributed by atoms with Gasteiger partial charge in [-0.3, -0.25) is 4.90 Å². The Morgan fingerprint density at radius 3 is 2.52 bits per heavy atom. The largest absolute Gasteiger partial charge is 0.322 e. The van der Waals surface area contributed by atoms with E-state index in [0.29, 0.717) is 0 Å². The fourth-order valence-corrected chi connectivity index (χ4v) is 2.88. The molecule has 0 aliphatic carbocycles. The second-order valence-electron chi connectivity index (χ2n) is 5.97. The third-order valence-corrected chi connectivity index (χ3v) is 4.22. The van der Waals surface area contributed by atoms with E-state index in [9.17, 15) is 4.79 Å². The molecule has 2 amide bonds. The summed E-state index contributed by atoms with van der Waals surface area (Å²) >= 11 is 0. The van der Waals surface area contributed by atoms with Gasteiger partial charge >= 0.3 is 6.03 Å². The first-order chi connectivity index (χ1) is 11.1. The maximum absolute atomic E-state index is 12.4. The van der Waals surface area contributed by atoms with Gasteiger partial charge in [0.1, 0.15) is 13.1 Å². The van der Waals surface area contributed by atoms with Gasteiger partial charge in [0.15, 0.2) is 0 Å². The highest BCUT2D eigenvalue weighted by molar-refractivity contribution is 5.90. The van der Waals surface area contributed by atoms with Crippen LogP contribution < -0.4 is 15.2 Å². The number of aryl methyl sites for hydroxylation is 2. The molecule has 5 heteroatoms. The van der Waals surface area contributed by atoms with Crippen molar-refractivity contribution < 1.29 is 9.78 Å². The normalized spacial score (nSPS) is 14.7. The summed E-state index contributed by atoms with van der Waals surface area (Å²) in [6.07, 6.45) is 1.93. The number of urea groups is 1. The predicted molar refractivity (Wildman–Crippen MR) is 91.7 cm³/mol. The quantitative estimate of drug-likeness (QED) is 0.926. The highest BCUT2D eigenvalue weighted by atomic mass is 16.2. The Morgan fingerprint density at radius 1 is 1.09 bits per heavy atom. The standard InChI is InChI=1S/C18H22N4O/c1-14-6-7-16(15(2)13-14)20-18(23)22-11-9-21(10-12-22)17-5-3-4-8-19-17/h3-8,13H,9-12H2,1-2H3,(H,20,23)/p+1. The van der Waals surface area contributed by atoms with Crippen LogP contribution in [0.15, 0.2) is 42.6 Å². The summed E-state index contributed by atoms with van der Waals surface area (Å²) in [5.74, 6) is 1.10. The molecule has 0 bridgehead atoms. The van der Waals surface area contributed by atoms with Gasteiger partial charge in [-0.15, -0.1) is 0 Å². The molecule has 3 rings (SSSR count). The second-order valence-corrected chi connectivity index (χ2v) is 5.97. The molecule has 120 valence electrons. The van der Waals surface area contributed by atoms with Gasteiger partial charge in [0.2, 0.25) is 0 Å². The molecule has 0 unspecified atom stereocenters. The summed E-state index contributed by atoms with van der Waals surface area (Å²) in [5, 5.41) is 3.02. The fourth-order valence-electron chi connectivity index (χ4n) is 2.88. The lowest BCUT2D eigenvalue weighted by Crippen LogP contribution is -2.51. The number of anilines is 2. The minimum atomic E-state index is -0.0198. The van der Waals surface area contributed by atoms with Gasteiger partial charge in [-0.25, -0.2) is 9.78 Å². The molecule has 0 radical (unpaired) electrons. The number of carbonyl (C=O) groups is 1. The Labute approximate surface area is 136 Å². The number of amides is 2. The molecule has 1 aromatic carbocycles. The number of benzene rings is 1. The Kier molecular flexibility index (Phi) is 4.46. The molecule has 1 saturated heterocycles. The van der Waals surface area contributed by atoms with Crippen LogP contribution >= 0.6 is 0 Å². The fraction of sp³-hybridized carbons (Fsp3) is 0.333. The summed E-state index contributed by atoms with van der Waals surface area (Å²) in [5.41, 5.74) is 3.18. The van der Waals surface area contributed by atoms with Gasteiger partial charge in [0, 0.05) is 11.8 Å². The highest BCUT2D eigenvalue weighted by Crippen LogP contribution is 2.17.